The van der Waals surface area contributed by atoms with Gasteiger partial charge in [-0.25, -0.2) is 0 Å². The number of hydrogen-bond acceptors (Lipinski definition) is 1. The molecule has 0 atom stereocenters. The molecule has 1 nitrogen and oxygen atoms in total. The quantitative estimate of drug-likeness (QED) is 0.150. The van der Waals surface area contributed by atoms with Crippen LogP contribution in [0.2, 0.25) is 19.6 Å². The van der Waals surface area contributed by atoms with E-state index < -0.39 is 8.07 Å². The van der Waals surface area contributed by atoms with E-state index >= 15 is 0 Å². The molecule has 0 aliphatic rings. The lowest BCUT2D eigenvalue weighted by Crippen LogP contribution is -2.23. The zero-order valence-corrected chi connectivity index (χ0v) is 18.3. The van der Waals surface area contributed by atoms with Crippen LogP contribution >= 0.6 is 0 Å². The van der Waals surface area contributed by atoms with Crippen LogP contribution in [-0.4, -0.2) is 13.9 Å². The molecule has 0 aliphatic carbocycles. The van der Waals surface area contributed by atoms with Gasteiger partial charge in [0.25, 0.3) is 0 Å². The molecule has 2 heteroatoms. The summed E-state index contributed by atoms with van der Waals surface area (Å²) in [5.41, 5.74) is 3.16. The molecule has 0 bridgehead atoms. The molecule has 4 aromatic rings. The molecule has 0 unspecified atom stereocenters. The number of hydrogen-bond donors (Lipinski definition) is 0. The molecule has 0 N–H and O–H groups in total. The Morgan fingerprint density at radius 3 is 1.90 bits per heavy atom. The topological polar surface area (TPSA) is 17.1 Å². The van der Waals surface area contributed by atoms with E-state index in [0.717, 1.165) is 17.2 Å². The van der Waals surface area contributed by atoms with Crippen molar-refractivity contribution in [2.24, 2.45) is 0 Å². The van der Waals surface area contributed by atoms with Gasteiger partial charge in [0, 0.05) is 13.6 Å². The molecule has 0 saturated carbocycles. The summed E-state index contributed by atoms with van der Waals surface area (Å²) in [7, 11) is -1.15. The Labute approximate surface area is 173 Å². The van der Waals surface area contributed by atoms with E-state index in [-0.39, 0.29) is 5.78 Å². The fourth-order valence-electron chi connectivity index (χ4n) is 3.88. The average molecular weight is 395 g/mol. The van der Waals surface area contributed by atoms with Gasteiger partial charge in [-0.2, -0.15) is 0 Å². The van der Waals surface area contributed by atoms with Gasteiger partial charge in [0.05, 0.1) is 0 Å². The zero-order valence-electron chi connectivity index (χ0n) is 17.3. The van der Waals surface area contributed by atoms with Crippen molar-refractivity contribution in [2.45, 2.75) is 25.7 Å². The zero-order chi connectivity index (χ0) is 20.4. The summed E-state index contributed by atoms with van der Waals surface area (Å²) in [6, 6.07) is 28.2. The average Bonchev–Trinajstić information content (AvgIpc) is 2.70. The van der Waals surface area contributed by atoms with E-state index in [0.29, 0.717) is 0 Å². The van der Waals surface area contributed by atoms with Crippen molar-refractivity contribution >= 4 is 41.5 Å². The first kappa shape index (κ1) is 19.3. The summed E-state index contributed by atoms with van der Waals surface area (Å²) in [6.45, 7) is 7.09. The minimum Gasteiger partial charge on any atom is -0.289 e. The molecule has 0 fully saturated rings. The van der Waals surface area contributed by atoms with Gasteiger partial charge < -0.3 is 0 Å². The molecule has 0 aliphatic heterocycles. The van der Waals surface area contributed by atoms with Crippen LogP contribution in [0.3, 0.4) is 0 Å². The number of carbonyl (C=O) groups excluding carboxylic acids is 1. The number of rotatable bonds is 5. The first-order valence-electron chi connectivity index (χ1n) is 10.1. The van der Waals surface area contributed by atoms with Crippen LogP contribution in [0, 0.1) is 0 Å². The fraction of sp³-hybridized carbons (Fsp3) is 0.148. The predicted molar refractivity (Wildman–Crippen MR) is 128 cm³/mol. The second-order valence-corrected chi connectivity index (χ2v) is 14.3. The molecule has 0 saturated heterocycles. The van der Waals surface area contributed by atoms with Gasteiger partial charge in [-0.15, -0.1) is 0 Å². The summed E-state index contributed by atoms with van der Waals surface area (Å²) in [4.78, 5) is 12.8. The number of allylic oxidation sites excluding steroid dienone is 1. The van der Waals surface area contributed by atoms with Crippen LogP contribution in [0.4, 0.5) is 0 Å². The van der Waals surface area contributed by atoms with Crippen LogP contribution in [-0.2, 0) is 6.04 Å². The molecule has 0 amide bonds. The predicted octanol–water partition coefficient (Wildman–Crippen LogP) is 7.31. The number of carbonyl (C=O) groups is 1. The highest BCUT2D eigenvalue weighted by molar-refractivity contribution is 6.75. The molecular weight excluding hydrogens is 368 g/mol. The van der Waals surface area contributed by atoms with Gasteiger partial charge in [-0.05, 0) is 51.4 Å². The van der Waals surface area contributed by atoms with E-state index in [1.807, 2.05) is 30.3 Å². The first-order valence-corrected chi connectivity index (χ1v) is 13.8. The highest BCUT2D eigenvalue weighted by atomic mass is 28.3. The van der Waals surface area contributed by atoms with Crippen molar-refractivity contribution in [1.29, 1.82) is 0 Å². The lowest BCUT2D eigenvalue weighted by Gasteiger charge is -2.15. The van der Waals surface area contributed by atoms with Crippen molar-refractivity contribution < 1.29 is 4.79 Å². The Morgan fingerprint density at radius 1 is 0.793 bits per heavy atom. The summed E-state index contributed by atoms with van der Waals surface area (Å²) in [6.07, 6.45) is 3.69. The Balaban J connectivity index is 1.68. The Kier molecular flexibility index (Phi) is 5.21. The minimum absolute atomic E-state index is 0.0431. The van der Waals surface area contributed by atoms with Crippen LogP contribution in [0.5, 0.6) is 0 Å². The molecule has 144 valence electrons. The third kappa shape index (κ3) is 4.38. The molecule has 0 aromatic heterocycles. The smallest absolute Gasteiger partial charge is 0.185 e. The molecular formula is C27H26OSi. The normalized spacial score (nSPS) is 12.1. The monoisotopic (exact) mass is 394 g/mol. The van der Waals surface area contributed by atoms with Crippen LogP contribution in [0.1, 0.15) is 21.5 Å². The van der Waals surface area contributed by atoms with Crippen molar-refractivity contribution in [3.63, 3.8) is 0 Å². The lowest BCUT2D eigenvalue weighted by molar-refractivity contribution is 0.104. The number of benzene rings is 4. The standard InChI is InChI=1S/C27H26OSi/c1-29(2,3)19-20-12-14-21(15-13-20)27(28)17-16-26-24-10-6-4-8-22(24)18-23-9-5-7-11-25(23)26/h4-18H,19H2,1-3H3/b17-16-. The Bertz CT molecular complexity index is 1160. The number of ketones is 1. The SMILES string of the molecule is C[Si](C)(C)Cc1ccc(C(=O)/C=C\c2c3ccccc3cc3ccccc23)cc1. The fourth-order valence-corrected chi connectivity index (χ4v) is 5.34. The maximum atomic E-state index is 12.8. The highest BCUT2D eigenvalue weighted by Crippen LogP contribution is 2.29. The van der Waals surface area contributed by atoms with E-state index in [4.69, 9.17) is 0 Å². The van der Waals surface area contributed by atoms with E-state index in [1.54, 1.807) is 6.08 Å². The summed E-state index contributed by atoms with van der Waals surface area (Å²) in [5, 5.41) is 4.71. The second kappa shape index (κ2) is 7.80. The molecule has 0 heterocycles. The Morgan fingerprint density at radius 2 is 1.34 bits per heavy atom. The second-order valence-electron chi connectivity index (χ2n) is 8.86. The van der Waals surface area contributed by atoms with Crippen molar-refractivity contribution in [3.05, 3.63) is 102 Å². The summed E-state index contributed by atoms with van der Waals surface area (Å²) >= 11 is 0. The number of fused-ring (bicyclic) bond motifs is 2. The summed E-state index contributed by atoms with van der Waals surface area (Å²) in [5.74, 6) is 0.0431. The van der Waals surface area contributed by atoms with Crippen molar-refractivity contribution in [3.8, 4) is 0 Å². The minimum atomic E-state index is -1.15. The van der Waals surface area contributed by atoms with Crippen LogP contribution in [0.15, 0.2) is 84.9 Å². The maximum absolute atomic E-state index is 12.8. The van der Waals surface area contributed by atoms with Gasteiger partial charge in [-0.3, -0.25) is 4.79 Å². The van der Waals surface area contributed by atoms with Gasteiger partial charge in [0.1, 0.15) is 0 Å². The Hall–Kier alpha value is -2.97. The van der Waals surface area contributed by atoms with Gasteiger partial charge in [-0.1, -0.05) is 98.0 Å². The van der Waals surface area contributed by atoms with Crippen LogP contribution in [0.25, 0.3) is 27.6 Å². The molecule has 0 spiro atoms. The van der Waals surface area contributed by atoms with Crippen LogP contribution < -0.4 is 0 Å². The lowest BCUT2D eigenvalue weighted by atomic mass is 9.96. The molecule has 4 rings (SSSR count). The first-order chi connectivity index (χ1) is 13.9. The van der Waals surface area contributed by atoms with Crippen molar-refractivity contribution in [1.82, 2.24) is 0 Å². The molecule has 29 heavy (non-hydrogen) atoms. The largest absolute Gasteiger partial charge is 0.289 e. The van der Waals surface area contributed by atoms with E-state index in [1.165, 1.54) is 27.1 Å². The van der Waals surface area contributed by atoms with Crippen molar-refractivity contribution in [2.75, 3.05) is 0 Å². The highest BCUT2D eigenvalue weighted by Gasteiger charge is 2.14. The van der Waals surface area contributed by atoms with E-state index in [9.17, 15) is 4.79 Å². The third-order valence-electron chi connectivity index (χ3n) is 5.19. The summed E-state index contributed by atoms with van der Waals surface area (Å²) < 4.78 is 0. The molecule has 0 radical (unpaired) electrons. The third-order valence-corrected chi connectivity index (χ3v) is 6.66. The maximum Gasteiger partial charge on any atom is 0.185 e. The van der Waals surface area contributed by atoms with E-state index in [2.05, 4.69) is 74.2 Å². The molecule has 4 aromatic carbocycles. The van der Waals surface area contributed by atoms with Gasteiger partial charge in [0.2, 0.25) is 0 Å². The van der Waals surface area contributed by atoms with Gasteiger partial charge in [0.15, 0.2) is 5.78 Å². The van der Waals surface area contributed by atoms with Gasteiger partial charge >= 0.3 is 0 Å².